The molecule has 6 nitrogen and oxygen atoms in total. The van der Waals surface area contributed by atoms with Crippen LogP contribution >= 0.6 is 0 Å². The van der Waals surface area contributed by atoms with E-state index in [4.69, 9.17) is 16.2 Å². The third-order valence-corrected chi connectivity index (χ3v) is 3.90. The number of rotatable bonds is 4. The molecule has 24 heavy (non-hydrogen) atoms. The molecule has 4 N–H and O–H groups in total. The Morgan fingerprint density at radius 3 is 2.75 bits per heavy atom. The van der Waals surface area contributed by atoms with Crippen LogP contribution in [-0.4, -0.2) is 24.5 Å². The van der Waals surface area contributed by atoms with E-state index in [1.54, 1.807) is 18.2 Å². The number of hydrogen-bond acceptors (Lipinski definition) is 4. The van der Waals surface area contributed by atoms with Crippen LogP contribution in [0.4, 0.5) is 11.4 Å². The number of nitrogen functional groups attached to an aromatic ring is 1. The lowest BCUT2D eigenvalue weighted by molar-refractivity contribution is -0.128. The van der Waals surface area contributed by atoms with Crippen LogP contribution < -0.4 is 21.1 Å². The number of benzene rings is 2. The Balaban J connectivity index is 1.94. The van der Waals surface area contributed by atoms with Gasteiger partial charge in [-0.2, -0.15) is 0 Å². The molecule has 0 radical (unpaired) electrons. The van der Waals surface area contributed by atoms with E-state index in [-0.39, 0.29) is 12.5 Å². The number of nitrogens with zero attached hydrogens (tertiary/aromatic N) is 1. The lowest BCUT2D eigenvalue weighted by Crippen LogP contribution is -2.49. The van der Waals surface area contributed by atoms with Gasteiger partial charge < -0.3 is 16.2 Å². The smallest absolute Gasteiger partial charge is 0.268 e. The second kappa shape index (κ2) is 6.23. The zero-order valence-corrected chi connectivity index (χ0v) is 13.4. The van der Waals surface area contributed by atoms with Crippen LogP contribution in [0.3, 0.4) is 0 Å². The van der Waals surface area contributed by atoms with E-state index in [1.807, 2.05) is 31.2 Å². The van der Waals surface area contributed by atoms with E-state index < -0.39 is 12.0 Å². The third kappa shape index (κ3) is 3.17. The fourth-order valence-corrected chi connectivity index (χ4v) is 2.85. The second-order valence-electron chi connectivity index (χ2n) is 5.92. The number of carbonyl (C=O) groups is 2. The van der Waals surface area contributed by atoms with Gasteiger partial charge in [0.2, 0.25) is 5.91 Å². The number of fused-ring (bicyclic) bond motifs is 1. The predicted octanol–water partition coefficient (Wildman–Crippen LogP) is 1.40. The minimum absolute atomic E-state index is 0.191. The van der Waals surface area contributed by atoms with Crippen LogP contribution in [0.1, 0.15) is 11.1 Å². The predicted molar refractivity (Wildman–Crippen MR) is 91.7 cm³/mol. The third-order valence-electron chi connectivity index (χ3n) is 3.90. The Kier molecular flexibility index (Phi) is 4.12. The molecule has 2 amide bonds. The number of aryl methyl sites for hydroxylation is 1. The van der Waals surface area contributed by atoms with Gasteiger partial charge in [0.15, 0.2) is 6.10 Å². The summed E-state index contributed by atoms with van der Waals surface area (Å²) < 4.78 is 5.86. The fraction of sp³-hybridized carbons (Fsp3) is 0.222. The first-order valence-corrected chi connectivity index (χ1v) is 7.65. The molecule has 0 aromatic heterocycles. The Morgan fingerprint density at radius 1 is 1.25 bits per heavy atom. The standard InChI is InChI=1S/C18H19N3O3/c1-11-3-2-4-12(7-11)8-16-18(23)21(10-17(20)22)14-6-5-13(19)9-15(14)24-16/h2-7,9,16H,8,10,19H2,1H3,(H2,20,22). The Bertz CT molecular complexity index is 804. The van der Waals surface area contributed by atoms with Crippen molar-refractivity contribution in [2.45, 2.75) is 19.4 Å². The van der Waals surface area contributed by atoms with Gasteiger partial charge in [0, 0.05) is 18.2 Å². The molecule has 1 aliphatic heterocycles. The maximum Gasteiger partial charge on any atom is 0.268 e. The van der Waals surface area contributed by atoms with Crippen LogP contribution in [0.5, 0.6) is 5.75 Å². The monoisotopic (exact) mass is 325 g/mol. The van der Waals surface area contributed by atoms with Crippen molar-refractivity contribution in [1.29, 1.82) is 0 Å². The molecule has 2 aromatic carbocycles. The molecule has 3 rings (SSSR count). The molecule has 1 atom stereocenters. The minimum atomic E-state index is -0.722. The van der Waals surface area contributed by atoms with Crippen molar-refractivity contribution >= 4 is 23.2 Å². The van der Waals surface area contributed by atoms with E-state index in [0.717, 1.165) is 11.1 Å². The summed E-state index contributed by atoms with van der Waals surface area (Å²) in [6, 6.07) is 12.8. The molecule has 6 heteroatoms. The average Bonchev–Trinajstić information content (AvgIpc) is 2.51. The van der Waals surface area contributed by atoms with Crippen molar-refractivity contribution < 1.29 is 14.3 Å². The van der Waals surface area contributed by atoms with Gasteiger partial charge in [-0.05, 0) is 24.6 Å². The molecular weight excluding hydrogens is 306 g/mol. The first kappa shape index (κ1) is 15.9. The van der Waals surface area contributed by atoms with Gasteiger partial charge in [0.1, 0.15) is 12.3 Å². The summed E-state index contributed by atoms with van der Waals surface area (Å²) in [5.74, 6) is -0.386. The molecule has 0 bridgehead atoms. The largest absolute Gasteiger partial charge is 0.478 e. The van der Waals surface area contributed by atoms with Crippen LogP contribution in [0, 0.1) is 6.92 Å². The van der Waals surface area contributed by atoms with E-state index in [1.165, 1.54) is 4.90 Å². The first-order valence-electron chi connectivity index (χ1n) is 7.65. The summed E-state index contributed by atoms with van der Waals surface area (Å²) in [5, 5.41) is 0. The van der Waals surface area contributed by atoms with Gasteiger partial charge in [-0.25, -0.2) is 0 Å². The van der Waals surface area contributed by atoms with E-state index in [9.17, 15) is 9.59 Å². The van der Waals surface area contributed by atoms with Gasteiger partial charge in [0.05, 0.1) is 5.69 Å². The highest BCUT2D eigenvalue weighted by atomic mass is 16.5. The maximum atomic E-state index is 12.8. The van der Waals surface area contributed by atoms with Crippen LogP contribution in [-0.2, 0) is 16.0 Å². The Labute approximate surface area is 140 Å². The number of anilines is 2. The van der Waals surface area contributed by atoms with Gasteiger partial charge in [0.25, 0.3) is 5.91 Å². The Hall–Kier alpha value is -3.02. The highest BCUT2D eigenvalue weighted by Gasteiger charge is 2.35. The molecule has 1 heterocycles. The summed E-state index contributed by atoms with van der Waals surface area (Å²) in [5.41, 5.74) is 14.2. The lowest BCUT2D eigenvalue weighted by Gasteiger charge is -2.34. The minimum Gasteiger partial charge on any atom is -0.478 e. The molecule has 2 aromatic rings. The zero-order valence-electron chi connectivity index (χ0n) is 13.4. The van der Waals surface area contributed by atoms with E-state index in [0.29, 0.717) is 23.5 Å². The normalized spacial score (nSPS) is 16.5. The van der Waals surface area contributed by atoms with Crippen LogP contribution in [0.25, 0.3) is 0 Å². The molecule has 124 valence electrons. The summed E-state index contributed by atoms with van der Waals surface area (Å²) >= 11 is 0. The topological polar surface area (TPSA) is 98.7 Å². The lowest BCUT2D eigenvalue weighted by atomic mass is 10.0. The van der Waals surface area contributed by atoms with Crippen molar-refractivity contribution in [1.82, 2.24) is 0 Å². The van der Waals surface area contributed by atoms with Gasteiger partial charge in [-0.15, -0.1) is 0 Å². The highest BCUT2D eigenvalue weighted by molar-refractivity contribution is 6.04. The molecule has 0 saturated heterocycles. The summed E-state index contributed by atoms with van der Waals surface area (Å²) in [7, 11) is 0. The number of ether oxygens (including phenoxy) is 1. The molecule has 0 spiro atoms. The zero-order chi connectivity index (χ0) is 17.3. The average molecular weight is 325 g/mol. The summed E-state index contributed by atoms with van der Waals surface area (Å²) in [6.45, 7) is 1.80. The number of primary amides is 1. The van der Waals surface area contributed by atoms with Crippen LogP contribution in [0.2, 0.25) is 0 Å². The molecule has 1 unspecified atom stereocenters. The van der Waals surface area contributed by atoms with Gasteiger partial charge in [-0.1, -0.05) is 29.8 Å². The van der Waals surface area contributed by atoms with E-state index >= 15 is 0 Å². The SMILES string of the molecule is Cc1cccc(CC2Oc3cc(N)ccc3N(CC(N)=O)C2=O)c1. The first-order chi connectivity index (χ1) is 11.4. The van der Waals surface area contributed by atoms with Crippen molar-refractivity contribution in [2.24, 2.45) is 5.73 Å². The van der Waals surface area contributed by atoms with Crippen molar-refractivity contribution in [2.75, 3.05) is 17.2 Å². The molecule has 1 aliphatic rings. The van der Waals surface area contributed by atoms with Crippen molar-refractivity contribution in [3.05, 3.63) is 53.6 Å². The Morgan fingerprint density at radius 2 is 2.04 bits per heavy atom. The molecule has 0 saturated carbocycles. The quantitative estimate of drug-likeness (QED) is 0.830. The number of carbonyl (C=O) groups excluding carboxylic acids is 2. The number of nitrogens with two attached hydrogens (primary N) is 2. The van der Waals surface area contributed by atoms with Gasteiger partial charge >= 0.3 is 0 Å². The number of amides is 2. The number of hydrogen-bond donors (Lipinski definition) is 2. The molecule has 0 aliphatic carbocycles. The second-order valence-corrected chi connectivity index (χ2v) is 5.92. The summed E-state index contributed by atoms with van der Waals surface area (Å²) in [6.07, 6.45) is -0.315. The van der Waals surface area contributed by atoms with Crippen molar-refractivity contribution in [3.63, 3.8) is 0 Å². The summed E-state index contributed by atoms with van der Waals surface area (Å²) in [4.78, 5) is 25.5. The van der Waals surface area contributed by atoms with Crippen molar-refractivity contribution in [3.8, 4) is 5.75 Å². The van der Waals surface area contributed by atoms with Crippen LogP contribution in [0.15, 0.2) is 42.5 Å². The van der Waals surface area contributed by atoms with E-state index in [2.05, 4.69) is 0 Å². The fourth-order valence-electron chi connectivity index (χ4n) is 2.85. The maximum absolute atomic E-state index is 12.8. The molecule has 0 fully saturated rings. The van der Waals surface area contributed by atoms with Gasteiger partial charge in [-0.3, -0.25) is 14.5 Å². The highest BCUT2D eigenvalue weighted by Crippen LogP contribution is 2.36. The molecular formula is C18H19N3O3.